The number of benzene rings is 1. The number of thioether (sulfide) groups is 1. The van der Waals surface area contributed by atoms with Gasteiger partial charge < -0.3 is 5.73 Å². The third-order valence-electron chi connectivity index (χ3n) is 3.62. The van der Waals surface area contributed by atoms with Gasteiger partial charge in [-0.1, -0.05) is 24.6 Å². The lowest BCUT2D eigenvalue weighted by molar-refractivity contribution is 0.204. The average Bonchev–Trinajstić information content (AvgIpc) is 2.43. The second-order valence-electron chi connectivity index (χ2n) is 4.78. The van der Waals surface area contributed by atoms with Crippen molar-refractivity contribution in [1.82, 2.24) is 4.90 Å². The summed E-state index contributed by atoms with van der Waals surface area (Å²) in [5.74, 6) is 0.815. The Balaban J connectivity index is 2.24. The van der Waals surface area contributed by atoms with E-state index in [1.54, 1.807) is 12.1 Å². The van der Waals surface area contributed by atoms with E-state index in [0.29, 0.717) is 22.4 Å². The molecule has 2 rings (SSSR count). The van der Waals surface area contributed by atoms with Gasteiger partial charge in [0, 0.05) is 41.2 Å². The molecular weight excluding hydrogens is 283 g/mol. The zero-order valence-electron chi connectivity index (χ0n) is 11.1. The molecule has 0 aliphatic carbocycles. The molecule has 0 aromatic heterocycles. The number of hydrogen-bond acceptors (Lipinski definition) is 3. The summed E-state index contributed by atoms with van der Waals surface area (Å²) in [6, 6.07) is 4.71. The fourth-order valence-electron chi connectivity index (χ4n) is 2.55. The van der Waals surface area contributed by atoms with Gasteiger partial charge in [-0.3, -0.25) is 4.90 Å². The molecule has 1 aliphatic rings. The summed E-state index contributed by atoms with van der Waals surface area (Å²) in [5, 5.41) is 1.08. The Labute approximate surface area is 123 Å². The number of rotatable bonds is 4. The highest BCUT2D eigenvalue weighted by Gasteiger charge is 2.28. The van der Waals surface area contributed by atoms with Crippen molar-refractivity contribution in [2.45, 2.75) is 24.6 Å². The molecule has 0 amide bonds. The SMILES string of the molecule is CCC1CN(C(CN)c2c(F)cccc2Cl)CCS1. The van der Waals surface area contributed by atoms with Gasteiger partial charge in [-0.15, -0.1) is 0 Å². The molecule has 2 N–H and O–H groups in total. The first kappa shape index (κ1) is 15.1. The predicted octanol–water partition coefficient (Wildman–Crippen LogP) is 3.31. The predicted molar refractivity (Wildman–Crippen MR) is 81.3 cm³/mol. The molecule has 1 saturated heterocycles. The third-order valence-corrected chi connectivity index (χ3v) is 5.32. The van der Waals surface area contributed by atoms with E-state index in [1.807, 2.05) is 11.8 Å². The molecule has 1 fully saturated rings. The van der Waals surface area contributed by atoms with Crippen LogP contribution in [-0.2, 0) is 0 Å². The molecule has 5 heteroatoms. The van der Waals surface area contributed by atoms with Crippen molar-refractivity contribution in [3.8, 4) is 0 Å². The van der Waals surface area contributed by atoms with Gasteiger partial charge in [0.1, 0.15) is 5.82 Å². The van der Waals surface area contributed by atoms with Crippen LogP contribution in [0.4, 0.5) is 4.39 Å². The van der Waals surface area contributed by atoms with Crippen LogP contribution >= 0.6 is 23.4 Å². The van der Waals surface area contributed by atoms with E-state index in [2.05, 4.69) is 11.8 Å². The first-order chi connectivity index (χ1) is 9.17. The molecule has 2 nitrogen and oxygen atoms in total. The van der Waals surface area contributed by atoms with Crippen molar-refractivity contribution < 1.29 is 4.39 Å². The van der Waals surface area contributed by atoms with Gasteiger partial charge in [-0.25, -0.2) is 4.39 Å². The van der Waals surface area contributed by atoms with Crippen LogP contribution in [0.15, 0.2) is 18.2 Å². The van der Waals surface area contributed by atoms with Gasteiger partial charge >= 0.3 is 0 Å². The van der Waals surface area contributed by atoms with Gasteiger partial charge in [-0.05, 0) is 18.6 Å². The molecule has 0 radical (unpaired) electrons. The minimum absolute atomic E-state index is 0.122. The Hall–Kier alpha value is -0.290. The second-order valence-corrected chi connectivity index (χ2v) is 6.60. The molecule has 1 aromatic carbocycles. The molecule has 106 valence electrons. The standard InChI is InChI=1S/C14H20ClFN2S/c1-2-10-9-18(6-7-19-10)13(8-17)14-11(15)4-3-5-12(14)16/h3-5,10,13H,2,6-9,17H2,1H3. The lowest BCUT2D eigenvalue weighted by Crippen LogP contribution is -2.43. The quantitative estimate of drug-likeness (QED) is 0.925. The molecule has 0 saturated carbocycles. The smallest absolute Gasteiger partial charge is 0.129 e. The first-order valence-electron chi connectivity index (χ1n) is 6.67. The molecule has 0 spiro atoms. The van der Waals surface area contributed by atoms with Gasteiger partial charge in [0.05, 0.1) is 6.04 Å². The maximum absolute atomic E-state index is 14.0. The van der Waals surface area contributed by atoms with Crippen molar-refractivity contribution in [3.05, 3.63) is 34.6 Å². The summed E-state index contributed by atoms with van der Waals surface area (Å²) in [4.78, 5) is 2.27. The zero-order valence-corrected chi connectivity index (χ0v) is 12.7. The van der Waals surface area contributed by atoms with Crippen LogP contribution in [0.2, 0.25) is 5.02 Å². The highest BCUT2D eigenvalue weighted by atomic mass is 35.5. The normalized spacial score (nSPS) is 22.4. The largest absolute Gasteiger partial charge is 0.329 e. The molecule has 1 aliphatic heterocycles. The zero-order chi connectivity index (χ0) is 13.8. The van der Waals surface area contributed by atoms with E-state index in [-0.39, 0.29) is 11.9 Å². The fraction of sp³-hybridized carbons (Fsp3) is 0.571. The van der Waals surface area contributed by atoms with Crippen LogP contribution in [-0.4, -0.2) is 35.5 Å². The van der Waals surface area contributed by atoms with Gasteiger partial charge in [-0.2, -0.15) is 11.8 Å². The third kappa shape index (κ3) is 3.43. The summed E-state index contributed by atoms with van der Waals surface area (Å²) in [7, 11) is 0. The maximum Gasteiger partial charge on any atom is 0.129 e. The lowest BCUT2D eigenvalue weighted by atomic mass is 10.0. The lowest BCUT2D eigenvalue weighted by Gasteiger charge is -2.37. The minimum atomic E-state index is -0.255. The van der Waals surface area contributed by atoms with Gasteiger partial charge in [0.25, 0.3) is 0 Å². The van der Waals surface area contributed by atoms with Crippen LogP contribution in [0.1, 0.15) is 24.9 Å². The van der Waals surface area contributed by atoms with Crippen LogP contribution in [0.25, 0.3) is 0 Å². The summed E-state index contributed by atoms with van der Waals surface area (Å²) in [5.41, 5.74) is 6.44. The topological polar surface area (TPSA) is 29.3 Å². The van der Waals surface area contributed by atoms with Crippen LogP contribution < -0.4 is 5.73 Å². The summed E-state index contributed by atoms with van der Waals surface area (Å²) in [6.07, 6.45) is 1.13. The van der Waals surface area contributed by atoms with Crippen molar-refractivity contribution in [2.75, 3.05) is 25.4 Å². The molecule has 1 heterocycles. The summed E-state index contributed by atoms with van der Waals surface area (Å²) in [6.45, 7) is 4.47. The highest BCUT2D eigenvalue weighted by Crippen LogP contribution is 2.33. The molecule has 1 aromatic rings. The van der Waals surface area contributed by atoms with Crippen LogP contribution in [0, 0.1) is 5.82 Å². The average molecular weight is 303 g/mol. The van der Waals surface area contributed by atoms with E-state index in [1.165, 1.54) is 6.07 Å². The summed E-state index contributed by atoms with van der Waals surface area (Å²) >= 11 is 8.15. The number of hydrogen-bond donors (Lipinski definition) is 1. The van der Waals surface area contributed by atoms with Gasteiger partial charge in [0.15, 0.2) is 0 Å². The monoisotopic (exact) mass is 302 g/mol. The van der Waals surface area contributed by atoms with Crippen LogP contribution in [0.5, 0.6) is 0 Å². The summed E-state index contributed by atoms with van der Waals surface area (Å²) < 4.78 is 14.0. The maximum atomic E-state index is 14.0. The first-order valence-corrected chi connectivity index (χ1v) is 8.09. The molecule has 0 bridgehead atoms. The van der Waals surface area contributed by atoms with Crippen molar-refractivity contribution in [2.24, 2.45) is 5.73 Å². The Kier molecular flexibility index (Phi) is 5.51. The number of halogens is 2. The van der Waals surface area contributed by atoms with Crippen LogP contribution in [0.3, 0.4) is 0 Å². The Bertz CT molecular complexity index is 410. The molecular formula is C14H20ClFN2S. The Morgan fingerprint density at radius 2 is 2.37 bits per heavy atom. The van der Waals surface area contributed by atoms with Gasteiger partial charge in [0.2, 0.25) is 0 Å². The van der Waals surface area contributed by atoms with E-state index >= 15 is 0 Å². The minimum Gasteiger partial charge on any atom is -0.329 e. The molecule has 19 heavy (non-hydrogen) atoms. The molecule has 2 unspecified atom stereocenters. The number of nitrogens with two attached hydrogens (primary N) is 1. The highest BCUT2D eigenvalue weighted by molar-refractivity contribution is 8.00. The fourth-order valence-corrected chi connectivity index (χ4v) is 4.05. The van der Waals surface area contributed by atoms with Crippen molar-refractivity contribution >= 4 is 23.4 Å². The number of nitrogens with zero attached hydrogens (tertiary/aromatic N) is 1. The van der Waals surface area contributed by atoms with E-state index < -0.39 is 0 Å². The van der Waals surface area contributed by atoms with Crippen molar-refractivity contribution in [1.29, 1.82) is 0 Å². The van der Waals surface area contributed by atoms with E-state index in [4.69, 9.17) is 17.3 Å². The Morgan fingerprint density at radius 3 is 3.00 bits per heavy atom. The van der Waals surface area contributed by atoms with E-state index in [9.17, 15) is 4.39 Å². The van der Waals surface area contributed by atoms with Crippen molar-refractivity contribution in [3.63, 3.8) is 0 Å². The van der Waals surface area contributed by atoms with E-state index in [0.717, 1.165) is 25.3 Å². The molecule has 2 atom stereocenters. The Morgan fingerprint density at radius 1 is 1.58 bits per heavy atom. The second kappa shape index (κ2) is 6.93.